The first kappa shape index (κ1) is 16.9. The molecular formula is C16H17Br3FNO. The molecule has 6 heteroatoms. The fraction of sp³-hybridized carbons (Fsp3) is 0.562. The Morgan fingerprint density at radius 1 is 1.32 bits per heavy atom. The SMILES string of the molecule is CC1(C)C2(C(=O)Nc3ccccc3F)CCC1(C(Br)Br)C2Br. The third-order valence-electron chi connectivity index (χ3n) is 6.01. The predicted octanol–water partition coefficient (Wildman–Crippen LogP) is 5.45. The van der Waals surface area contributed by atoms with E-state index in [1.54, 1.807) is 18.2 Å². The molecule has 3 saturated carbocycles. The van der Waals surface area contributed by atoms with Crippen LogP contribution in [0.5, 0.6) is 0 Å². The number of fused-ring (bicyclic) bond motifs is 1. The molecule has 0 aromatic heterocycles. The lowest BCUT2D eigenvalue weighted by molar-refractivity contribution is -0.155. The first-order chi connectivity index (χ1) is 10.2. The highest BCUT2D eigenvalue weighted by molar-refractivity contribution is 9.24. The maximum atomic E-state index is 13.8. The number of para-hydroxylation sites is 1. The van der Waals surface area contributed by atoms with Crippen LogP contribution in [0.4, 0.5) is 10.1 Å². The molecule has 0 radical (unpaired) electrons. The van der Waals surface area contributed by atoms with Gasteiger partial charge in [-0.2, -0.15) is 0 Å². The highest BCUT2D eigenvalue weighted by Gasteiger charge is 2.83. The number of halogens is 4. The quantitative estimate of drug-likeness (QED) is 0.553. The van der Waals surface area contributed by atoms with Gasteiger partial charge in [-0.05, 0) is 30.4 Å². The number of anilines is 1. The summed E-state index contributed by atoms with van der Waals surface area (Å²) in [5.74, 6) is -0.503. The van der Waals surface area contributed by atoms with E-state index in [1.807, 2.05) is 0 Å². The van der Waals surface area contributed by atoms with Crippen molar-refractivity contribution in [3.63, 3.8) is 0 Å². The summed E-state index contributed by atoms with van der Waals surface area (Å²) in [6.07, 6.45) is 1.74. The molecule has 4 rings (SSSR count). The lowest BCUT2D eigenvalue weighted by Crippen LogP contribution is -2.71. The van der Waals surface area contributed by atoms with Crippen molar-refractivity contribution in [3.8, 4) is 0 Å². The van der Waals surface area contributed by atoms with E-state index in [-0.39, 0.29) is 31.0 Å². The summed E-state index contributed by atoms with van der Waals surface area (Å²) in [6.45, 7) is 4.27. The summed E-state index contributed by atoms with van der Waals surface area (Å²) >= 11 is 11.1. The molecule has 0 aliphatic heterocycles. The monoisotopic (exact) mass is 495 g/mol. The average Bonchev–Trinajstić information content (AvgIpc) is 2.91. The van der Waals surface area contributed by atoms with E-state index >= 15 is 0 Å². The molecule has 1 aromatic carbocycles. The molecule has 3 atom stereocenters. The number of carbonyl (C=O) groups is 1. The standard InChI is InChI=1S/C16H17Br3FNO/c1-14(2)15(12(18)19)7-8-16(14,11(15)17)13(22)21-10-6-4-3-5-9(10)20/h3-6,11-12H,7-8H2,1-2H3,(H,21,22). The van der Waals surface area contributed by atoms with Gasteiger partial charge in [0.05, 0.1) is 14.8 Å². The van der Waals surface area contributed by atoms with Gasteiger partial charge in [0.2, 0.25) is 5.91 Å². The smallest absolute Gasteiger partial charge is 0.232 e. The van der Waals surface area contributed by atoms with Crippen LogP contribution < -0.4 is 5.32 Å². The molecular weight excluding hydrogens is 481 g/mol. The van der Waals surface area contributed by atoms with Crippen LogP contribution in [-0.2, 0) is 4.79 Å². The molecule has 0 saturated heterocycles. The van der Waals surface area contributed by atoms with Gasteiger partial charge in [-0.15, -0.1) is 0 Å². The fourth-order valence-corrected chi connectivity index (χ4v) is 9.41. The van der Waals surface area contributed by atoms with Gasteiger partial charge in [-0.25, -0.2) is 4.39 Å². The van der Waals surface area contributed by atoms with Gasteiger partial charge in [0.15, 0.2) is 0 Å². The van der Waals surface area contributed by atoms with Crippen LogP contribution in [0.15, 0.2) is 24.3 Å². The summed E-state index contributed by atoms with van der Waals surface area (Å²) in [6, 6.07) is 6.29. The molecule has 1 amide bonds. The van der Waals surface area contributed by atoms with E-state index in [4.69, 9.17) is 0 Å². The summed E-state index contributed by atoms with van der Waals surface area (Å²) in [5.41, 5.74) is -0.494. The van der Waals surface area contributed by atoms with E-state index in [9.17, 15) is 9.18 Å². The van der Waals surface area contributed by atoms with Crippen molar-refractivity contribution in [1.82, 2.24) is 0 Å². The van der Waals surface area contributed by atoms with E-state index in [2.05, 4.69) is 67.0 Å². The Hall–Kier alpha value is 0.0600. The minimum atomic E-state index is -0.519. The molecule has 0 spiro atoms. The largest absolute Gasteiger partial charge is 0.323 e. The van der Waals surface area contributed by atoms with Crippen molar-refractivity contribution in [3.05, 3.63) is 30.1 Å². The minimum absolute atomic E-state index is 0.0282. The molecule has 3 unspecified atom stereocenters. The maximum absolute atomic E-state index is 13.8. The normalized spacial score (nSPS) is 35.3. The number of benzene rings is 1. The highest BCUT2D eigenvalue weighted by Crippen LogP contribution is 2.82. The van der Waals surface area contributed by atoms with E-state index < -0.39 is 11.2 Å². The molecule has 2 nitrogen and oxygen atoms in total. The Bertz CT molecular complexity index is 636. The van der Waals surface area contributed by atoms with Crippen molar-refractivity contribution in [1.29, 1.82) is 0 Å². The molecule has 3 aliphatic carbocycles. The topological polar surface area (TPSA) is 29.1 Å². The Kier molecular flexibility index (Phi) is 4.06. The first-order valence-electron chi connectivity index (χ1n) is 7.20. The van der Waals surface area contributed by atoms with Crippen molar-refractivity contribution >= 4 is 59.4 Å². The van der Waals surface area contributed by atoms with Crippen molar-refractivity contribution in [2.24, 2.45) is 16.2 Å². The Morgan fingerprint density at radius 2 is 1.95 bits per heavy atom. The highest BCUT2D eigenvalue weighted by atomic mass is 79.9. The summed E-state index contributed by atoms with van der Waals surface area (Å²) in [5, 5.41) is 2.80. The lowest BCUT2D eigenvalue weighted by atomic mass is 9.43. The Morgan fingerprint density at radius 3 is 2.45 bits per heavy atom. The number of carbonyl (C=O) groups excluding carboxylic acids is 1. The van der Waals surface area contributed by atoms with Gasteiger partial charge in [0.25, 0.3) is 0 Å². The van der Waals surface area contributed by atoms with Crippen LogP contribution in [0.3, 0.4) is 0 Å². The van der Waals surface area contributed by atoms with Crippen molar-refractivity contribution in [2.45, 2.75) is 35.3 Å². The number of nitrogens with one attached hydrogen (secondary N) is 1. The van der Waals surface area contributed by atoms with Crippen LogP contribution in [0.2, 0.25) is 0 Å². The summed E-state index contributed by atoms with van der Waals surface area (Å²) in [4.78, 5) is 13.0. The minimum Gasteiger partial charge on any atom is -0.323 e. The molecule has 3 aliphatic rings. The fourth-order valence-electron chi connectivity index (χ4n) is 4.49. The molecule has 120 valence electrons. The van der Waals surface area contributed by atoms with Gasteiger partial charge in [0, 0.05) is 10.2 Å². The number of hydrogen-bond donors (Lipinski definition) is 1. The van der Waals surface area contributed by atoms with E-state index in [1.165, 1.54) is 6.07 Å². The molecule has 0 heterocycles. The third kappa shape index (κ3) is 1.78. The molecule has 3 fully saturated rings. The lowest BCUT2D eigenvalue weighted by Gasteiger charge is -2.66. The summed E-state index contributed by atoms with van der Waals surface area (Å²) in [7, 11) is 0. The number of alkyl halides is 3. The van der Waals surface area contributed by atoms with Gasteiger partial charge in [0.1, 0.15) is 5.82 Å². The molecule has 1 aromatic rings. The molecule has 1 N–H and O–H groups in total. The van der Waals surface area contributed by atoms with Crippen molar-refractivity contribution < 1.29 is 9.18 Å². The van der Waals surface area contributed by atoms with Crippen LogP contribution in [0.1, 0.15) is 26.7 Å². The Balaban J connectivity index is 1.93. The zero-order valence-corrected chi connectivity index (χ0v) is 17.1. The van der Waals surface area contributed by atoms with Gasteiger partial charge >= 0.3 is 0 Å². The van der Waals surface area contributed by atoms with E-state index in [0.717, 1.165) is 12.8 Å². The predicted molar refractivity (Wildman–Crippen MR) is 97.3 cm³/mol. The zero-order chi connectivity index (χ0) is 16.3. The van der Waals surface area contributed by atoms with Gasteiger partial charge < -0.3 is 5.32 Å². The van der Waals surface area contributed by atoms with Crippen molar-refractivity contribution in [2.75, 3.05) is 5.32 Å². The van der Waals surface area contributed by atoms with Gasteiger partial charge in [-0.3, -0.25) is 4.79 Å². The second-order valence-corrected chi connectivity index (χ2v) is 10.7. The van der Waals surface area contributed by atoms with E-state index in [0.29, 0.717) is 0 Å². The summed E-state index contributed by atoms with van der Waals surface area (Å²) < 4.78 is 14.0. The molecule has 22 heavy (non-hydrogen) atoms. The third-order valence-corrected chi connectivity index (χ3v) is 9.25. The van der Waals surface area contributed by atoms with Crippen LogP contribution in [-0.4, -0.2) is 14.5 Å². The van der Waals surface area contributed by atoms with Crippen LogP contribution >= 0.6 is 47.8 Å². The molecule has 2 bridgehead atoms. The first-order valence-corrected chi connectivity index (χ1v) is 9.95. The second kappa shape index (κ2) is 5.28. The van der Waals surface area contributed by atoms with Crippen LogP contribution in [0, 0.1) is 22.1 Å². The maximum Gasteiger partial charge on any atom is 0.232 e. The average molecular weight is 498 g/mol. The second-order valence-electron chi connectivity index (χ2n) is 6.73. The number of hydrogen-bond acceptors (Lipinski definition) is 1. The van der Waals surface area contributed by atoms with Crippen LogP contribution in [0.25, 0.3) is 0 Å². The number of amides is 1. The number of rotatable bonds is 3. The Labute approximate surface area is 155 Å². The zero-order valence-electron chi connectivity index (χ0n) is 12.3. The van der Waals surface area contributed by atoms with Gasteiger partial charge in [-0.1, -0.05) is 73.8 Å².